The zero-order chi connectivity index (χ0) is 13.2. The number of rotatable bonds is 3. The van der Waals surface area contributed by atoms with Crippen LogP contribution in [0.2, 0.25) is 0 Å². The first kappa shape index (κ1) is 12.4. The van der Waals surface area contributed by atoms with Crippen molar-refractivity contribution in [1.29, 1.82) is 0 Å². The van der Waals surface area contributed by atoms with E-state index in [1.807, 2.05) is 6.07 Å². The summed E-state index contributed by atoms with van der Waals surface area (Å²) in [5.41, 5.74) is 9.87. The fraction of sp³-hybridized carbons (Fsp3) is 0.294. The van der Waals surface area contributed by atoms with Crippen molar-refractivity contribution in [2.45, 2.75) is 31.2 Å². The van der Waals surface area contributed by atoms with E-state index < -0.39 is 0 Å². The number of nitrogens with two attached hydrogens (primary N) is 1. The molecule has 3 rings (SSSR count). The molecule has 0 spiro atoms. The van der Waals surface area contributed by atoms with Gasteiger partial charge in [-0.1, -0.05) is 42.8 Å². The molecule has 19 heavy (non-hydrogen) atoms. The van der Waals surface area contributed by atoms with E-state index in [4.69, 9.17) is 5.73 Å². The zero-order valence-corrected chi connectivity index (χ0v) is 10.9. The van der Waals surface area contributed by atoms with Crippen LogP contribution in [0, 0.1) is 5.82 Å². The smallest absolute Gasteiger partial charge is 0.123 e. The van der Waals surface area contributed by atoms with E-state index in [1.165, 1.54) is 42.5 Å². The van der Waals surface area contributed by atoms with Crippen molar-refractivity contribution in [2.75, 3.05) is 0 Å². The average Bonchev–Trinajstić information content (AvgIpc) is 2.37. The van der Waals surface area contributed by atoms with Gasteiger partial charge in [-0.05, 0) is 47.6 Å². The van der Waals surface area contributed by atoms with E-state index >= 15 is 0 Å². The molecule has 0 radical (unpaired) electrons. The summed E-state index contributed by atoms with van der Waals surface area (Å²) in [6.45, 7) is 0. The molecule has 2 heteroatoms. The molecule has 1 nitrogen and oxygen atoms in total. The van der Waals surface area contributed by atoms with Crippen molar-refractivity contribution in [3.8, 4) is 0 Å². The lowest BCUT2D eigenvalue weighted by atomic mass is 9.76. The third-order valence-electron chi connectivity index (χ3n) is 4.11. The fourth-order valence-electron chi connectivity index (χ4n) is 2.73. The Hall–Kier alpha value is -1.67. The third kappa shape index (κ3) is 2.41. The van der Waals surface area contributed by atoms with Crippen LogP contribution < -0.4 is 5.73 Å². The van der Waals surface area contributed by atoms with Gasteiger partial charge in [0.05, 0.1) is 6.04 Å². The summed E-state index contributed by atoms with van der Waals surface area (Å²) in [4.78, 5) is 0. The van der Waals surface area contributed by atoms with Gasteiger partial charge in [0.15, 0.2) is 0 Å². The quantitative estimate of drug-likeness (QED) is 0.876. The number of benzene rings is 2. The first-order valence-electron chi connectivity index (χ1n) is 6.85. The van der Waals surface area contributed by atoms with Gasteiger partial charge in [-0.3, -0.25) is 0 Å². The van der Waals surface area contributed by atoms with E-state index in [0.29, 0.717) is 5.92 Å². The minimum Gasteiger partial charge on any atom is -0.320 e. The van der Waals surface area contributed by atoms with E-state index in [0.717, 1.165) is 5.56 Å². The Morgan fingerprint density at radius 3 is 2.32 bits per heavy atom. The first-order chi connectivity index (χ1) is 9.25. The molecule has 1 unspecified atom stereocenters. The molecule has 1 aliphatic rings. The summed E-state index contributed by atoms with van der Waals surface area (Å²) in [6, 6.07) is 14.7. The molecular formula is C17H18FN. The number of hydrogen-bond donors (Lipinski definition) is 1. The van der Waals surface area contributed by atoms with E-state index in [2.05, 4.69) is 18.2 Å². The highest BCUT2D eigenvalue weighted by atomic mass is 19.1. The Morgan fingerprint density at radius 2 is 1.68 bits per heavy atom. The Morgan fingerprint density at radius 1 is 1.00 bits per heavy atom. The maximum absolute atomic E-state index is 13.0. The van der Waals surface area contributed by atoms with Gasteiger partial charge < -0.3 is 5.73 Å². The van der Waals surface area contributed by atoms with Gasteiger partial charge >= 0.3 is 0 Å². The SMILES string of the molecule is NC(c1ccc(F)cc1)c1ccccc1C1CCC1. The third-order valence-corrected chi connectivity index (χ3v) is 4.11. The van der Waals surface area contributed by atoms with Crippen molar-refractivity contribution in [3.63, 3.8) is 0 Å². The lowest BCUT2D eigenvalue weighted by molar-refractivity contribution is 0.416. The second-order valence-corrected chi connectivity index (χ2v) is 5.29. The van der Waals surface area contributed by atoms with E-state index in [1.54, 1.807) is 12.1 Å². The van der Waals surface area contributed by atoms with Crippen molar-refractivity contribution in [1.82, 2.24) is 0 Å². The Kier molecular flexibility index (Phi) is 3.34. The maximum Gasteiger partial charge on any atom is 0.123 e. The molecule has 0 saturated heterocycles. The normalized spacial score (nSPS) is 16.9. The highest BCUT2D eigenvalue weighted by Gasteiger charge is 2.24. The first-order valence-corrected chi connectivity index (χ1v) is 6.85. The maximum atomic E-state index is 13.0. The van der Waals surface area contributed by atoms with Crippen molar-refractivity contribution < 1.29 is 4.39 Å². The second kappa shape index (κ2) is 5.14. The monoisotopic (exact) mass is 255 g/mol. The van der Waals surface area contributed by atoms with Crippen molar-refractivity contribution in [2.24, 2.45) is 5.73 Å². The van der Waals surface area contributed by atoms with Gasteiger partial charge in [-0.15, -0.1) is 0 Å². The van der Waals surface area contributed by atoms with Crippen LogP contribution in [0.4, 0.5) is 4.39 Å². The standard InChI is InChI=1S/C17H18FN/c18-14-10-8-13(9-11-14)17(19)16-7-2-1-6-15(16)12-4-3-5-12/h1-2,6-12,17H,3-5,19H2. The molecule has 0 bridgehead atoms. The van der Waals surface area contributed by atoms with Crippen LogP contribution in [-0.4, -0.2) is 0 Å². The molecule has 1 saturated carbocycles. The highest BCUT2D eigenvalue weighted by molar-refractivity contribution is 5.39. The summed E-state index contributed by atoms with van der Waals surface area (Å²) in [7, 11) is 0. The average molecular weight is 255 g/mol. The lowest BCUT2D eigenvalue weighted by Gasteiger charge is -2.29. The number of hydrogen-bond acceptors (Lipinski definition) is 1. The van der Waals surface area contributed by atoms with Crippen LogP contribution >= 0.6 is 0 Å². The molecule has 1 fully saturated rings. The highest BCUT2D eigenvalue weighted by Crippen LogP contribution is 2.40. The Balaban J connectivity index is 1.94. The zero-order valence-electron chi connectivity index (χ0n) is 10.9. The van der Waals surface area contributed by atoms with Gasteiger partial charge in [-0.25, -0.2) is 4.39 Å². The number of halogens is 1. The van der Waals surface area contributed by atoms with Crippen LogP contribution in [0.15, 0.2) is 48.5 Å². The minimum atomic E-state index is -0.219. The lowest BCUT2D eigenvalue weighted by Crippen LogP contribution is -2.18. The van der Waals surface area contributed by atoms with Crippen molar-refractivity contribution in [3.05, 3.63) is 71.0 Å². The van der Waals surface area contributed by atoms with Crippen molar-refractivity contribution >= 4 is 0 Å². The van der Waals surface area contributed by atoms with Gasteiger partial charge in [0.1, 0.15) is 5.82 Å². The predicted octanol–water partition coefficient (Wildman–Crippen LogP) is 4.14. The summed E-state index contributed by atoms with van der Waals surface area (Å²) in [6.07, 6.45) is 3.82. The van der Waals surface area contributed by atoms with Gasteiger partial charge in [0, 0.05) is 0 Å². The summed E-state index contributed by atoms with van der Waals surface area (Å²) < 4.78 is 13.0. The molecule has 98 valence electrons. The van der Waals surface area contributed by atoms with Crippen LogP contribution in [-0.2, 0) is 0 Å². The molecule has 0 aromatic heterocycles. The Labute approximate surface area is 113 Å². The van der Waals surface area contributed by atoms with Gasteiger partial charge in [0.25, 0.3) is 0 Å². The molecule has 1 aliphatic carbocycles. The summed E-state index contributed by atoms with van der Waals surface area (Å²) in [5.74, 6) is 0.436. The second-order valence-electron chi connectivity index (χ2n) is 5.29. The summed E-state index contributed by atoms with van der Waals surface area (Å²) >= 11 is 0. The van der Waals surface area contributed by atoms with Crippen LogP contribution in [0.1, 0.15) is 47.9 Å². The van der Waals surface area contributed by atoms with Crippen LogP contribution in [0.5, 0.6) is 0 Å². The Bertz CT molecular complexity index is 558. The molecular weight excluding hydrogens is 237 g/mol. The molecule has 0 heterocycles. The molecule has 1 atom stereocenters. The molecule has 2 aromatic carbocycles. The predicted molar refractivity (Wildman–Crippen MR) is 75.5 cm³/mol. The van der Waals surface area contributed by atoms with E-state index in [9.17, 15) is 4.39 Å². The molecule has 2 aromatic rings. The molecule has 0 amide bonds. The van der Waals surface area contributed by atoms with Gasteiger partial charge in [-0.2, -0.15) is 0 Å². The fourth-order valence-corrected chi connectivity index (χ4v) is 2.73. The van der Waals surface area contributed by atoms with Crippen LogP contribution in [0.25, 0.3) is 0 Å². The largest absolute Gasteiger partial charge is 0.320 e. The van der Waals surface area contributed by atoms with Gasteiger partial charge in [0.2, 0.25) is 0 Å². The minimum absolute atomic E-state index is 0.169. The molecule has 0 aliphatic heterocycles. The topological polar surface area (TPSA) is 26.0 Å². The van der Waals surface area contributed by atoms with Crippen LogP contribution in [0.3, 0.4) is 0 Å². The van der Waals surface area contributed by atoms with E-state index in [-0.39, 0.29) is 11.9 Å². The summed E-state index contributed by atoms with van der Waals surface area (Å²) in [5, 5.41) is 0. The molecule has 2 N–H and O–H groups in total.